The lowest BCUT2D eigenvalue weighted by molar-refractivity contribution is -0.384. The minimum Gasteiger partial charge on any atom is -0.478 e. The molecule has 1 aromatic rings. The van der Waals surface area contributed by atoms with Crippen LogP contribution in [0.4, 0.5) is 11.5 Å². The second-order valence-electron chi connectivity index (χ2n) is 4.79. The van der Waals surface area contributed by atoms with Gasteiger partial charge in [-0.2, -0.15) is 0 Å². The Labute approximate surface area is 116 Å². The quantitative estimate of drug-likeness (QED) is 0.575. The lowest BCUT2D eigenvalue weighted by Crippen LogP contribution is -2.23. The highest BCUT2D eigenvalue weighted by atomic mass is 16.6. The van der Waals surface area contributed by atoms with E-state index < -0.39 is 10.9 Å². The molecule has 0 aliphatic heterocycles. The lowest BCUT2D eigenvalue weighted by Gasteiger charge is -2.17. The van der Waals surface area contributed by atoms with Crippen LogP contribution in [0.5, 0.6) is 0 Å². The molecule has 1 unspecified atom stereocenters. The summed E-state index contributed by atoms with van der Waals surface area (Å²) in [6.45, 7) is 2.72. The van der Waals surface area contributed by atoms with Crippen LogP contribution in [0.15, 0.2) is 12.3 Å². The molecule has 1 heterocycles. The topological polar surface area (TPSA) is 109 Å². The van der Waals surface area contributed by atoms with Crippen molar-refractivity contribution in [3.63, 3.8) is 0 Å². The number of pyridine rings is 1. The maximum atomic E-state index is 11.0. The summed E-state index contributed by atoms with van der Waals surface area (Å²) >= 11 is 0. The van der Waals surface area contributed by atoms with Gasteiger partial charge in [0.2, 0.25) is 5.82 Å². The van der Waals surface area contributed by atoms with Gasteiger partial charge in [0.1, 0.15) is 0 Å². The van der Waals surface area contributed by atoms with Crippen LogP contribution in [0.3, 0.4) is 0 Å². The van der Waals surface area contributed by atoms with Gasteiger partial charge >= 0.3 is 11.7 Å². The van der Waals surface area contributed by atoms with Crippen molar-refractivity contribution in [2.75, 3.05) is 26.0 Å². The van der Waals surface area contributed by atoms with E-state index in [2.05, 4.69) is 10.3 Å². The number of anilines is 1. The Morgan fingerprint density at radius 3 is 2.75 bits per heavy atom. The first-order valence-electron chi connectivity index (χ1n) is 6.10. The number of carbonyl (C=O) groups is 1. The van der Waals surface area contributed by atoms with Gasteiger partial charge in [-0.05, 0) is 34.0 Å². The lowest BCUT2D eigenvalue weighted by atomic mass is 10.2. The van der Waals surface area contributed by atoms with Crippen molar-refractivity contribution in [1.82, 2.24) is 9.88 Å². The summed E-state index contributed by atoms with van der Waals surface area (Å²) in [5, 5.41) is 22.7. The molecular formula is C12H18N4O4. The Morgan fingerprint density at radius 2 is 2.25 bits per heavy atom. The van der Waals surface area contributed by atoms with Crippen LogP contribution in [-0.4, -0.2) is 52.6 Å². The molecule has 0 radical (unpaired) electrons. The van der Waals surface area contributed by atoms with Crippen molar-refractivity contribution in [2.45, 2.75) is 19.4 Å². The minimum absolute atomic E-state index is 0.0146. The molecule has 0 aliphatic rings. The van der Waals surface area contributed by atoms with Crippen LogP contribution in [0, 0.1) is 10.1 Å². The van der Waals surface area contributed by atoms with Gasteiger partial charge in [-0.1, -0.05) is 0 Å². The zero-order valence-corrected chi connectivity index (χ0v) is 11.7. The summed E-state index contributed by atoms with van der Waals surface area (Å²) in [5.41, 5.74) is -0.537. The van der Waals surface area contributed by atoms with Crippen molar-refractivity contribution in [2.24, 2.45) is 0 Å². The first-order chi connectivity index (χ1) is 9.31. The number of aromatic carboxylic acids is 1. The maximum absolute atomic E-state index is 11.0. The van der Waals surface area contributed by atoms with E-state index >= 15 is 0 Å². The van der Waals surface area contributed by atoms with E-state index in [9.17, 15) is 14.9 Å². The number of nitrogens with one attached hydrogen (secondary N) is 1. The predicted molar refractivity (Wildman–Crippen MR) is 74.1 cm³/mol. The second-order valence-corrected chi connectivity index (χ2v) is 4.79. The third kappa shape index (κ3) is 4.47. The maximum Gasteiger partial charge on any atom is 0.337 e. The van der Waals surface area contributed by atoms with Gasteiger partial charge in [-0.25, -0.2) is 9.78 Å². The van der Waals surface area contributed by atoms with Crippen molar-refractivity contribution in [1.29, 1.82) is 0 Å². The van der Waals surface area contributed by atoms with Gasteiger partial charge in [0.25, 0.3) is 0 Å². The highest BCUT2D eigenvalue weighted by Crippen LogP contribution is 2.23. The molecule has 8 nitrogen and oxygen atoms in total. The first-order valence-corrected chi connectivity index (χ1v) is 6.10. The highest BCUT2D eigenvalue weighted by molar-refractivity contribution is 5.88. The Morgan fingerprint density at radius 1 is 1.60 bits per heavy atom. The van der Waals surface area contributed by atoms with Crippen LogP contribution in [0.2, 0.25) is 0 Å². The van der Waals surface area contributed by atoms with Gasteiger partial charge in [0.05, 0.1) is 10.5 Å². The Balaban J connectivity index is 2.89. The van der Waals surface area contributed by atoms with E-state index in [1.807, 2.05) is 25.9 Å². The Bertz CT molecular complexity index is 504. The average molecular weight is 282 g/mol. The molecule has 0 saturated carbocycles. The number of hydrogen-bond donors (Lipinski definition) is 2. The van der Waals surface area contributed by atoms with E-state index in [4.69, 9.17) is 5.11 Å². The SMILES string of the molecule is CC(CCN(C)C)Nc1ncc(C(=O)O)cc1[N+](=O)[O-]. The minimum atomic E-state index is -1.24. The fourth-order valence-electron chi connectivity index (χ4n) is 1.58. The van der Waals surface area contributed by atoms with Crippen molar-refractivity contribution in [3.8, 4) is 0 Å². The molecule has 20 heavy (non-hydrogen) atoms. The zero-order chi connectivity index (χ0) is 15.3. The fourth-order valence-corrected chi connectivity index (χ4v) is 1.58. The second kappa shape index (κ2) is 6.80. The standard InChI is InChI=1S/C12H18N4O4/c1-8(4-5-15(2)3)14-11-10(16(19)20)6-9(7-13-11)12(17)18/h6-8H,4-5H2,1-3H3,(H,13,14)(H,17,18). The highest BCUT2D eigenvalue weighted by Gasteiger charge is 2.20. The van der Waals surface area contributed by atoms with Gasteiger partial charge in [0, 0.05) is 18.3 Å². The third-order valence-corrected chi connectivity index (χ3v) is 2.70. The molecule has 0 aliphatic carbocycles. The molecule has 0 spiro atoms. The fraction of sp³-hybridized carbons (Fsp3) is 0.500. The first kappa shape index (κ1) is 15.8. The van der Waals surface area contributed by atoms with E-state index in [1.165, 1.54) is 0 Å². The molecule has 8 heteroatoms. The molecule has 0 saturated heterocycles. The summed E-state index contributed by atoms with van der Waals surface area (Å²) in [6, 6.07) is 0.996. The number of aromatic nitrogens is 1. The Kier molecular flexibility index (Phi) is 5.39. The van der Waals surface area contributed by atoms with Crippen LogP contribution >= 0.6 is 0 Å². The van der Waals surface area contributed by atoms with E-state index in [0.29, 0.717) is 0 Å². The summed E-state index contributed by atoms with van der Waals surface area (Å²) < 4.78 is 0. The summed E-state index contributed by atoms with van der Waals surface area (Å²) in [5.74, 6) is -1.15. The van der Waals surface area contributed by atoms with Crippen LogP contribution in [-0.2, 0) is 0 Å². The average Bonchev–Trinajstić information content (AvgIpc) is 2.36. The molecular weight excluding hydrogens is 264 g/mol. The van der Waals surface area contributed by atoms with E-state index in [0.717, 1.165) is 25.2 Å². The van der Waals surface area contributed by atoms with Crippen molar-refractivity contribution < 1.29 is 14.8 Å². The smallest absolute Gasteiger partial charge is 0.337 e. The molecule has 0 fully saturated rings. The van der Waals surface area contributed by atoms with Crippen LogP contribution in [0.25, 0.3) is 0 Å². The number of rotatable bonds is 7. The number of carboxylic acid groups (broad SMARTS) is 1. The normalized spacial score (nSPS) is 12.2. The molecule has 0 bridgehead atoms. The van der Waals surface area contributed by atoms with E-state index in [1.54, 1.807) is 0 Å². The molecule has 1 atom stereocenters. The summed E-state index contributed by atoms with van der Waals surface area (Å²) in [4.78, 5) is 27.0. The molecule has 0 amide bonds. The van der Waals surface area contributed by atoms with Gasteiger partial charge < -0.3 is 15.3 Å². The Hall–Kier alpha value is -2.22. The molecule has 2 N–H and O–H groups in total. The van der Waals surface area contributed by atoms with E-state index in [-0.39, 0.29) is 23.1 Å². The monoisotopic (exact) mass is 282 g/mol. The molecule has 110 valence electrons. The number of nitro groups is 1. The van der Waals surface area contributed by atoms with Gasteiger partial charge in [-0.3, -0.25) is 10.1 Å². The summed E-state index contributed by atoms with van der Waals surface area (Å²) in [6.07, 6.45) is 1.89. The van der Waals surface area contributed by atoms with Crippen molar-refractivity contribution in [3.05, 3.63) is 27.9 Å². The predicted octanol–water partition coefficient (Wildman–Crippen LogP) is 1.44. The van der Waals surface area contributed by atoms with Crippen LogP contribution in [0.1, 0.15) is 23.7 Å². The summed E-state index contributed by atoms with van der Waals surface area (Å²) in [7, 11) is 3.88. The number of hydrogen-bond acceptors (Lipinski definition) is 6. The van der Waals surface area contributed by atoms with Crippen molar-refractivity contribution >= 4 is 17.5 Å². The number of carboxylic acids is 1. The zero-order valence-electron chi connectivity index (χ0n) is 11.7. The molecule has 0 aromatic carbocycles. The third-order valence-electron chi connectivity index (χ3n) is 2.70. The van der Waals surface area contributed by atoms with Gasteiger partial charge in [-0.15, -0.1) is 0 Å². The van der Waals surface area contributed by atoms with Gasteiger partial charge in [0.15, 0.2) is 0 Å². The largest absolute Gasteiger partial charge is 0.478 e. The van der Waals surface area contributed by atoms with Crippen LogP contribution < -0.4 is 5.32 Å². The molecule has 1 aromatic heterocycles. The molecule has 1 rings (SSSR count). The number of nitrogens with zero attached hydrogens (tertiary/aromatic N) is 3.